The number of phenolic OH excluding ortho intramolecular Hbond substituents is 1. The summed E-state index contributed by atoms with van der Waals surface area (Å²) >= 11 is 0. The lowest BCUT2D eigenvalue weighted by molar-refractivity contribution is -0.109. The molecule has 0 saturated carbocycles. The molecule has 5 atom stereocenters. The number of rotatable bonds is 11. The molecule has 0 radical (unpaired) electrons. The Hall–Kier alpha value is -5.16. The molecule has 2 saturated heterocycles. The molecule has 3 aromatic carbocycles. The molecule has 1 spiro atoms. The number of carbonyl (C=O) groups excluding carboxylic acids is 4. The number of benzene rings is 3. The van der Waals surface area contributed by atoms with Gasteiger partial charge in [0.15, 0.2) is 12.6 Å². The third kappa shape index (κ3) is 12.7. The fourth-order valence-electron chi connectivity index (χ4n) is 9.95. The Labute approximate surface area is 376 Å². The molecule has 10 nitrogen and oxygen atoms in total. The van der Waals surface area contributed by atoms with E-state index in [2.05, 4.69) is 101 Å². The van der Waals surface area contributed by atoms with E-state index in [1.807, 2.05) is 52.2 Å². The number of allylic oxidation sites excluding steroid dienone is 5. The first-order valence-electron chi connectivity index (χ1n) is 22.7. The van der Waals surface area contributed by atoms with Crippen molar-refractivity contribution >= 4 is 31.5 Å². The average Bonchev–Trinajstić information content (AvgIpc) is 3.85. The van der Waals surface area contributed by atoms with E-state index in [0.717, 1.165) is 87.7 Å². The molecule has 0 aromatic heterocycles. The van der Waals surface area contributed by atoms with Crippen molar-refractivity contribution in [1.29, 1.82) is 0 Å². The van der Waals surface area contributed by atoms with Crippen molar-refractivity contribution in [2.24, 2.45) is 17.3 Å². The number of hydrogen-bond acceptors (Lipinski definition) is 9. The standard InChI is InChI=1S/C32H40N2O.C11H11NO2.C9H18N2O.CH2O/c1-22-3-5-24(6-4-22)29-13-9-26-19-28(35)12-14-30(26)31(29)25-7-10-27(11-8-25)34-17-15-32(16-18-34)20-23(2)33-21-32;1-12-4-8-2-10(6-13)11(7-14)3-9(8)5-12;1-8(10-7-12)5-6-9(2)11(3)4;1-2/h3,5-8,10-12,14,19,22-23,29,31,33,35H,4,9,13,15-18,20-21H2,1-2H3;2-3,6-7H,4-5H2,1H3;7,9H,1,5-6H2,2-4H3,(H,10,12);1H2. The van der Waals surface area contributed by atoms with Gasteiger partial charge in [-0.15, -0.1) is 0 Å². The summed E-state index contributed by atoms with van der Waals surface area (Å²) in [5.74, 6) is 1.86. The van der Waals surface area contributed by atoms with Crippen LogP contribution in [0.1, 0.15) is 120 Å². The Morgan fingerprint density at radius 3 is 2.16 bits per heavy atom. The van der Waals surface area contributed by atoms with E-state index in [4.69, 9.17) is 4.79 Å². The van der Waals surface area contributed by atoms with Crippen LogP contribution in [0.15, 0.2) is 90.7 Å². The van der Waals surface area contributed by atoms with Crippen LogP contribution in [0.2, 0.25) is 0 Å². The van der Waals surface area contributed by atoms with Crippen LogP contribution in [0.5, 0.6) is 5.75 Å². The highest BCUT2D eigenvalue weighted by Crippen LogP contribution is 2.47. The van der Waals surface area contributed by atoms with Gasteiger partial charge in [0, 0.05) is 73.2 Å². The third-order valence-corrected chi connectivity index (χ3v) is 13.9. The maximum Gasteiger partial charge on any atom is 0.211 e. The van der Waals surface area contributed by atoms with Gasteiger partial charge < -0.3 is 30.3 Å². The summed E-state index contributed by atoms with van der Waals surface area (Å²) in [5, 5.41) is 16.4. The molecule has 3 heterocycles. The normalized spacial score (nSPS) is 22.4. The monoisotopic (exact) mass is 858 g/mol. The quantitative estimate of drug-likeness (QED) is 0.163. The first kappa shape index (κ1) is 48.9. The van der Waals surface area contributed by atoms with E-state index in [9.17, 15) is 19.5 Å². The van der Waals surface area contributed by atoms with Crippen LogP contribution < -0.4 is 15.5 Å². The van der Waals surface area contributed by atoms with E-state index in [1.165, 1.54) is 53.8 Å². The van der Waals surface area contributed by atoms with Gasteiger partial charge in [-0.05, 0) is 173 Å². The minimum Gasteiger partial charge on any atom is -0.508 e. The Bertz CT molecular complexity index is 2050. The number of amides is 1. The SMILES string of the molecule is C=C(CCC(C)N(C)C)NC=O.C=O.CC1C=CC(C2CCc3cc(O)ccc3C2c2ccc(N3CCC4(CC3)CNC(C)C4)cc2)=CC1.CN1Cc2cc(C=O)c(C=O)cc2C1. The summed E-state index contributed by atoms with van der Waals surface area (Å²) in [6.45, 7) is 17.7. The van der Waals surface area contributed by atoms with Gasteiger partial charge in [-0.25, -0.2) is 0 Å². The maximum atomic E-state index is 10.7. The Morgan fingerprint density at radius 1 is 0.968 bits per heavy atom. The van der Waals surface area contributed by atoms with Crippen LogP contribution in [-0.2, 0) is 29.1 Å². The largest absolute Gasteiger partial charge is 0.508 e. The van der Waals surface area contributed by atoms with Crippen LogP contribution in [-0.4, -0.2) is 93.5 Å². The van der Waals surface area contributed by atoms with Gasteiger partial charge in [0.25, 0.3) is 0 Å². The molecule has 3 aliphatic heterocycles. The van der Waals surface area contributed by atoms with Gasteiger partial charge in [-0.3, -0.25) is 19.3 Å². The first-order chi connectivity index (χ1) is 30.3. The molecule has 5 aliphatic rings. The molecule has 63 heavy (non-hydrogen) atoms. The predicted molar refractivity (Wildman–Crippen MR) is 255 cm³/mol. The number of aromatic hydroxyl groups is 1. The van der Waals surface area contributed by atoms with E-state index in [0.29, 0.717) is 58.5 Å². The average molecular weight is 858 g/mol. The minimum atomic E-state index is 0.341. The van der Waals surface area contributed by atoms with Crippen molar-refractivity contribution in [3.05, 3.63) is 130 Å². The second-order valence-electron chi connectivity index (χ2n) is 18.7. The van der Waals surface area contributed by atoms with Gasteiger partial charge in [0.2, 0.25) is 6.41 Å². The van der Waals surface area contributed by atoms with Crippen molar-refractivity contribution < 1.29 is 24.3 Å². The highest BCUT2D eigenvalue weighted by Gasteiger charge is 2.40. The van der Waals surface area contributed by atoms with Crippen LogP contribution in [0.25, 0.3) is 0 Å². The van der Waals surface area contributed by atoms with E-state index in [1.54, 1.807) is 0 Å². The summed E-state index contributed by atoms with van der Waals surface area (Å²) < 4.78 is 0. The van der Waals surface area contributed by atoms with Crippen molar-refractivity contribution in [1.82, 2.24) is 20.4 Å². The summed E-state index contributed by atoms with van der Waals surface area (Å²) in [6.07, 6.45) is 18.5. The van der Waals surface area contributed by atoms with E-state index >= 15 is 0 Å². The maximum absolute atomic E-state index is 10.7. The van der Waals surface area contributed by atoms with Crippen molar-refractivity contribution in [3.8, 4) is 5.75 Å². The summed E-state index contributed by atoms with van der Waals surface area (Å²) in [6, 6.07) is 20.4. The molecule has 2 aliphatic carbocycles. The lowest BCUT2D eigenvalue weighted by atomic mass is 9.68. The van der Waals surface area contributed by atoms with Gasteiger partial charge in [-0.1, -0.05) is 49.9 Å². The molecule has 2 fully saturated rings. The molecule has 3 aromatic rings. The lowest BCUT2D eigenvalue weighted by Gasteiger charge is -2.40. The van der Waals surface area contributed by atoms with E-state index in [-0.39, 0.29) is 0 Å². The number of carbonyl (C=O) groups is 4. The molecule has 338 valence electrons. The molecule has 3 N–H and O–H groups in total. The highest BCUT2D eigenvalue weighted by molar-refractivity contribution is 5.91. The smallest absolute Gasteiger partial charge is 0.211 e. The molecule has 10 heteroatoms. The number of aldehydes is 2. The number of anilines is 1. The van der Waals surface area contributed by atoms with Crippen LogP contribution in [0, 0.1) is 17.3 Å². The van der Waals surface area contributed by atoms with Crippen molar-refractivity contribution in [2.45, 2.75) is 103 Å². The second kappa shape index (κ2) is 23.0. The van der Waals surface area contributed by atoms with Gasteiger partial charge in [0.05, 0.1) is 0 Å². The number of fused-ring (bicyclic) bond motifs is 2. The lowest BCUT2D eigenvalue weighted by Crippen LogP contribution is -2.41. The van der Waals surface area contributed by atoms with Crippen LogP contribution in [0.3, 0.4) is 0 Å². The zero-order valence-electron chi connectivity index (χ0n) is 38.6. The molecule has 8 rings (SSSR count). The van der Waals surface area contributed by atoms with Crippen LogP contribution >= 0.6 is 0 Å². The number of nitrogens with zero attached hydrogens (tertiary/aromatic N) is 3. The number of piperidine rings is 1. The van der Waals surface area contributed by atoms with Gasteiger partial charge in [-0.2, -0.15) is 0 Å². The molecular weight excluding hydrogens is 787 g/mol. The number of nitrogens with one attached hydrogen (secondary N) is 2. The van der Waals surface area contributed by atoms with Crippen molar-refractivity contribution in [2.75, 3.05) is 45.7 Å². The molecule has 1 amide bonds. The van der Waals surface area contributed by atoms with Gasteiger partial charge >= 0.3 is 0 Å². The summed E-state index contributed by atoms with van der Waals surface area (Å²) in [4.78, 5) is 46.3. The fraction of sp³-hybridized carbons (Fsp3) is 0.472. The number of hydrogen-bond donors (Lipinski definition) is 3. The Morgan fingerprint density at radius 2 is 1.62 bits per heavy atom. The van der Waals surface area contributed by atoms with Crippen LogP contribution in [0.4, 0.5) is 5.69 Å². The summed E-state index contributed by atoms with van der Waals surface area (Å²) in [5.41, 5.74) is 11.6. The second-order valence-corrected chi connectivity index (χ2v) is 18.7. The predicted octanol–water partition coefficient (Wildman–Crippen LogP) is 8.63. The highest BCUT2D eigenvalue weighted by atomic mass is 16.3. The zero-order chi connectivity index (χ0) is 45.7. The Balaban J connectivity index is 0.000000220. The zero-order valence-corrected chi connectivity index (χ0v) is 38.6. The molecular formula is C53H71N5O5. The Kier molecular flexibility index (Phi) is 17.8. The number of phenols is 1. The molecule has 0 bridgehead atoms. The minimum absolute atomic E-state index is 0.341. The van der Waals surface area contributed by atoms with Gasteiger partial charge in [0.1, 0.15) is 12.5 Å². The van der Waals surface area contributed by atoms with E-state index < -0.39 is 0 Å². The topological polar surface area (TPSA) is 122 Å². The summed E-state index contributed by atoms with van der Waals surface area (Å²) in [7, 11) is 6.10. The number of aryl methyl sites for hydroxylation is 1. The fourth-order valence-corrected chi connectivity index (χ4v) is 9.95. The van der Waals surface area contributed by atoms with Crippen molar-refractivity contribution in [3.63, 3.8) is 0 Å². The first-order valence-corrected chi connectivity index (χ1v) is 22.7. The molecule has 5 unspecified atom stereocenters. The third-order valence-electron chi connectivity index (χ3n) is 13.9.